The molecule has 0 radical (unpaired) electrons. The normalized spacial score (nSPS) is 24.8. The highest BCUT2D eigenvalue weighted by Crippen LogP contribution is 2.34. The third-order valence-corrected chi connectivity index (χ3v) is 4.13. The van der Waals surface area contributed by atoms with Gasteiger partial charge in [0.15, 0.2) is 5.65 Å². The van der Waals surface area contributed by atoms with E-state index >= 15 is 0 Å². The molecule has 4 rings (SSSR count). The first-order valence-corrected chi connectivity index (χ1v) is 7.31. The Hall–Kier alpha value is -2.15. The molecule has 7 nitrogen and oxygen atoms in total. The average Bonchev–Trinajstić information content (AvgIpc) is 3.01. The van der Waals surface area contributed by atoms with Crippen LogP contribution in [0.15, 0.2) is 18.3 Å². The van der Waals surface area contributed by atoms with E-state index in [2.05, 4.69) is 32.5 Å². The summed E-state index contributed by atoms with van der Waals surface area (Å²) in [5, 5.41) is 17.0. The molecule has 2 atom stereocenters. The third kappa shape index (κ3) is 2.23. The zero-order valence-electron chi connectivity index (χ0n) is 11.6. The molecule has 0 spiro atoms. The summed E-state index contributed by atoms with van der Waals surface area (Å²) >= 11 is 0. The molecule has 2 heterocycles. The molecule has 7 heteroatoms. The lowest BCUT2D eigenvalue weighted by Gasteiger charge is -2.10. The molecule has 2 aliphatic rings. The van der Waals surface area contributed by atoms with Crippen molar-refractivity contribution < 1.29 is 5.11 Å². The number of fused-ring (bicyclic) bond motifs is 1. The minimum Gasteiger partial charge on any atom is -0.396 e. The summed E-state index contributed by atoms with van der Waals surface area (Å²) in [6.45, 7) is 0.178. The molecule has 0 aromatic carbocycles. The summed E-state index contributed by atoms with van der Waals surface area (Å²) in [7, 11) is 0. The first kappa shape index (κ1) is 12.6. The fourth-order valence-corrected chi connectivity index (χ4v) is 2.82. The maximum Gasteiger partial charge on any atom is 0.229 e. The Bertz CT molecular complexity index is 705. The van der Waals surface area contributed by atoms with Crippen molar-refractivity contribution in [2.75, 3.05) is 17.7 Å². The van der Waals surface area contributed by atoms with Gasteiger partial charge in [0.2, 0.25) is 11.9 Å². The van der Waals surface area contributed by atoms with Gasteiger partial charge in [-0.2, -0.15) is 19.6 Å². The van der Waals surface area contributed by atoms with Crippen molar-refractivity contribution in [3.63, 3.8) is 0 Å². The molecule has 0 amide bonds. The van der Waals surface area contributed by atoms with Gasteiger partial charge in [-0.1, -0.05) is 12.2 Å². The van der Waals surface area contributed by atoms with E-state index in [0.717, 1.165) is 30.5 Å². The van der Waals surface area contributed by atoms with Crippen LogP contribution < -0.4 is 11.1 Å². The molecule has 110 valence electrons. The SMILES string of the molecule is Nc1nc(NC2CC2)n2ncc([C@H]3C=C[C@@H](CO)C3)c2n1. The van der Waals surface area contributed by atoms with Crippen molar-refractivity contribution in [2.45, 2.75) is 31.2 Å². The van der Waals surface area contributed by atoms with Gasteiger partial charge in [-0.15, -0.1) is 0 Å². The Morgan fingerprint density at radius 2 is 2.19 bits per heavy atom. The Kier molecular flexibility index (Phi) is 2.81. The zero-order valence-corrected chi connectivity index (χ0v) is 11.6. The Balaban J connectivity index is 1.73. The van der Waals surface area contributed by atoms with E-state index in [9.17, 15) is 5.11 Å². The standard InChI is InChI=1S/C14H18N6O/c15-13-18-12-11(9-2-1-8(5-9)7-21)6-16-20(12)14(19-13)17-10-3-4-10/h1-2,6,8-10,21H,3-5,7H2,(H3,15,17,18,19)/t8-,9+/m1/s1. The van der Waals surface area contributed by atoms with Crippen LogP contribution in [0, 0.1) is 5.92 Å². The largest absolute Gasteiger partial charge is 0.396 e. The summed E-state index contributed by atoms with van der Waals surface area (Å²) in [6.07, 6.45) is 9.20. The van der Waals surface area contributed by atoms with Gasteiger partial charge in [0.25, 0.3) is 0 Å². The number of aliphatic hydroxyl groups excluding tert-OH is 1. The molecule has 0 saturated heterocycles. The van der Waals surface area contributed by atoms with Gasteiger partial charge in [0.05, 0.1) is 6.20 Å². The van der Waals surface area contributed by atoms with Crippen LogP contribution in [0.1, 0.15) is 30.7 Å². The zero-order chi connectivity index (χ0) is 14.4. The summed E-state index contributed by atoms with van der Waals surface area (Å²) in [5.41, 5.74) is 7.63. The number of aromatic nitrogens is 4. The molecule has 0 unspecified atom stereocenters. The molecule has 2 aromatic heterocycles. The minimum atomic E-state index is 0.178. The monoisotopic (exact) mass is 286 g/mol. The second-order valence-corrected chi connectivity index (χ2v) is 5.83. The lowest BCUT2D eigenvalue weighted by Crippen LogP contribution is -2.12. The van der Waals surface area contributed by atoms with Crippen LogP contribution in [0.25, 0.3) is 5.65 Å². The first-order valence-electron chi connectivity index (χ1n) is 7.31. The smallest absolute Gasteiger partial charge is 0.229 e. The van der Waals surface area contributed by atoms with Crippen LogP contribution >= 0.6 is 0 Å². The highest BCUT2D eigenvalue weighted by Gasteiger charge is 2.26. The molecule has 1 saturated carbocycles. The maximum absolute atomic E-state index is 9.26. The van der Waals surface area contributed by atoms with E-state index < -0.39 is 0 Å². The second kappa shape index (κ2) is 4.70. The van der Waals surface area contributed by atoms with Gasteiger partial charge in [0, 0.05) is 30.0 Å². The summed E-state index contributed by atoms with van der Waals surface area (Å²) < 4.78 is 1.73. The second-order valence-electron chi connectivity index (χ2n) is 5.83. The fourth-order valence-electron chi connectivity index (χ4n) is 2.82. The number of aliphatic hydroxyl groups is 1. The molecule has 2 aromatic rings. The highest BCUT2D eigenvalue weighted by atomic mass is 16.3. The van der Waals surface area contributed by atoms with E-state index in [1.807, 2.05) is 6.20 Å². The topological polar surface area (TPSA) is 101 Å². The van der Waals surface area contributed by atoms with Gasteiger partial charge in [-0.3, -0.25) is 0 Å². The van der Waals surface area contributed by atoms with Gasteiger partial charge in [-0.05, 0) is 19.3 Å². The number of rotatable bonds is 4. The van der Waals surface area contributed by atoms with Gasteiger partial charge >= 0.3 is 0 Å². The van der Waals surface area contributed by atoms with Crippen molar-refractivity contribution in [1.82, 2.24) is 19.6 Å². The predicted molar refractivity (Wildman–Crippen MR) is 78.9 cm³/mol. The third-order valence-electron chi connectivity index (χ3n) is 4.13. The minimum absolute atomic E-state index is 0.178. The number of hydrogen-bond donors (Lipinski definition) is 3. The molecule has 0 bridgehead atoms. The molecule has 4 N–H and O–H groups in total. The number of nitrogens with zero attached hydrogens (tertiary/aromatic N) is 4. The Morgan fingerprint density at radius 3 is 2.90 bits per heavy atom. The van der Waals surface area contributed by atoms with Crippen molar-refractivity contribution >= 4 is 17.5 Å². The molecule has 21 heavy (non-hydrogen) atoms. The van der Waals surface area contributed by atoms with Crippen LogP contribution in [-0.2, 0) is 0 Å². The van der Waals surface area contributed by atoms with E-state index in [4.69, 9.17) is 5.73 Å². The first-order chi connectivity index (χ1) is 10.2. The van der Waals surface area contributed by atoms with Crippen LogP contribution in [0.5, 0.6) is 0 Å². The molecule has 2 aliphatic carbocycles. The quantitative estimate of drug-likeness (QED) is 0.723. The number of nitrogen functional groups attached to an aromatic ring is 1. The summed E-state index contributed by atoms with van der Waals surface area (Å²) in [5.74, 6) is 1.36. The lowest BCUT2D eigenvalue weighted by molar-refractivity contribution is 0.249. The van der Waals surface area contributed by atoms with Crippen molar-refractivity contribution in [2.24, 2.45) is 5.92 Å². The van der Waals surface area contributed by atoms with E-state index in [-0.39, 0.29) is 24.4 Å². The van der Waals surface area contributed by atoms with E-state index in [1.54, 1.807) is 4.52 Å². The van der Waals surface area contributed by atoms with Crippen LogP contribution in [0.3, 0.4) is 0 Å². The summed E-state index contributed by atoms with van der Waals surface area (Å²) in [4.78, 5) is 8.60. The number of nitrogens with one attached hydrogen (secondary N) is 1. The Morgan fingerprint density at radius 1 is 1.33 bits per heavy atom. The lowest BCUT2D eigenvalue weighted by atomic mass is 9.98. The molecule has 0 aliphatic heterocycles. The van der Waals surface area contributed by atoms with Crippen molar-refractivity contribution in [3.05, 3.63) is 23.9 Å². The van der Waals surface area contributed by atoms with Gasteiger partial charge in [0.1, 0.15) is 0 Å². The molecule has 1 fully saturated rings. The average molecular weight is 286 g/mol. The number of hydrogen-bond acceptors (Lipinski definition) is 6. The number of anilines is 2. The van der Waals surface area contributed by atoms with Gasteiger partial charge < -0.3 is 16.2 Å². The molecular formula is C14H18N6O. The van der Waals surface area contributed by atoms with Crippen LogP contribution in [0.4, 0.5) is 11.9 Å². The van der Waals surface area contributed by atoms with Crippen molar-refractivity contribution in [3.8, 4) is 0 Å². The van der Waals surface area contributed by atoms with Crippen LogP contribution in [-0.4, -0.2) is 37.3 Å². The highest BCUT2D eigenvalue weighted by molar-refractivity contribution is 5.56. The van der Waals surface area contributed by atoms with Crippen LogP contribution in [0.2, 0.25) is 0 Å². The van der Waals surface area contributed by atoms with E-state index in [0.29, 0.717) is 12.0 Å². The fraction of sp³-hybridized carbons (Fsp3) is 0.500. The predicted octanol–water partition coefficient (Wildman–Crippen LogP) is 0.933. The number of allylic oxidation sites excluding steroid dienone is 1. The Labute approximate surface area is 121 Å². The maximum atomic E-state index is 9.26. The summed E-state index contributed by atoms with van der Waals surface area (Å²) in [6, 6.07) is 0.472. The van der Waals surface area contributed by atoms with Crippen molar-refractivity contribution in [1.29, 1.82) is 0 Å². The number of nitrogens with two attached hydrogens (primary N) is 1. The van der Waals surface area contributed by atoms with E-state index in [1.165, 1.54) is 0 Å². The van der Waals surface area contributed by atoms with Gasteiger partial charge in [-0.25, -0.2) is 0 Å². The molecular weight excluding hydrogens is 268 g/mol.